The second kappa shape index (κ2) is 13.8. The predicted molar refractivity (Wildman–Crippen MR) is 269 cm³/mol. The highest BCUT2D eigenvalue weighted by Crippen LogP contribution is 2.44. The Morgan fingerprint density at radius 2 is 1.06 bits per heavy atom. The first kappa shape index (κ1) is 35.7. The van der Waals surface area contributed by atoms with Crippen LogP contribution < -0.4 is 0 Å². The molecule has 3 aliphatic rings. The average molecular weight is 821 g/mol. The summed E-state index contributed by atoms with van der Waals surface area (Å²) in [6.45, 7) is 0. The lowest BCUT2D eigenvalue weighted by atomic mass is 9.96. The van der Waals surface area contributed by atoms with Gasteiger partial charge in [-0.2, -0.15) is 0 Å². The van der Waals surface area contributed by atoms with Crippen LogP contribution in [0.2, 0.25) is 0 Å². The van der Waals surface area contributed by atoms with Crippen molar-refractivity contribution in [2.45, 2.75) is 38.1 Å². The number of aryl methyl sites for hydroxylation is 1. The van der Waals surface area contributed by atoms with Gasteiger partial charge in [0, 0.05) is 71.8 Å². The molecule has 0 spiro atoms. The molecule has 64 heavy (non-hydrogen) atoms. The molecule has 304 valence electrons. The topological polar surface area (TPSA) is 19.7 Å². The second-order valence-electron chi connectivity index (χ2n) is 17.8. The zero-order valence-corrected chi connectivity index (χ0v) is 35.5. The molecule has 0 amide bonds. The smallest absolute Gasteiger partial charge is 0.0786 e. The van der Waals surface area contributed by atoms with Crippen LogP contribution in [0, 0.1) is 0 Å². The molecule has 4 nitrogen and oxygen atoms in total. The van der Waals surface area contributed by atoms with E-state index in [0.29, 0.717) is 0 Å². The lowest BCUT2D eigenvalue weighted by Gasteiger charge is -2.21. The van der Waals surface area contributed by atoms with Crippen molar-refractivity contribution in [3.63, 3.8) is 0 Å². The first-order valence-corrected chi connectivity index (χ1v) is 22.9. The van der Waals surface area contributed by atoms with Gasteiger partial charge in [0.2, 0.25) is 0 Å². The summed E-state index contributed by atoms with van der Waals surface area (Å²) in [7, 11) is 0. The van der Waals surface area contributed by atoms with E-state index in [2.05, 4.69) is 219 Å². The highest BCUT2D eigenvalue weighted by Gasteiger charge is 2.27. The Balaban J connectivity index is 0.866. The van der Waals surface area contributed by atoms with Crippen LogP contribution in [-0.4, -0.2) is 18.3 Å². The maximum absolute atomic E-state index is 2.58. The van der Waals surface area contributed by atoms with Gasteiger partial charge in [-0.3, -0.25) is 0 Å². The van der Waals surface area contributed by atoms with Crippen molar-refractivity contribution < 1.29 is 0 Å². The van der Waals surface area contributed by atoms with Crippen molar-refractivity contribution in [3.8, 4) is 17.1 Å². The number of rotatable bonds is 5. The van der Waals surface area contributed by atoms with Crippen LogP contribution in [0.4, 0.5) is 0 Å². The molecule has 7 aromatic carbocycles. The van der Waals surface area contributed by atoms with E-state index in [0.717, 1.165) is 32.1 Å². The van der Waals surface area contributed by atoms with Gasteiger partial charge in [0.15, 0.2) is 0 Å². The SMILES string of the molecule is C1=Cc2c(c3ccc4c5c(n(-c6ccccc6)c4c3n2-c2ccc(C3=CCC(n4c6ccccc6c6cc7c(cc64)c4ccccc4n7-c4ccccc4)C=C3)cc2)CCC=C5)CC1. The zero-order chi connectivity index (χ0) is 41.9. The van der Waals surface area contributed by atoms with Gasteiger partial charge in [0.05, 0.1) is 33.6 Å². The quantitative estimate of drug-likeness (QED) is 0.165. The summed E-state index contributed by atoms with van der Waals surface area (Å²) in [6, 6.07) is 58.8. The molecule has 0 bridgehead atoms. The third kappa shape index (κ3) is 5.11. The standard InChI is InChI=1S/C60H44N4/c1-3-15-41(16-4-1)61-53-23-11-9-21-47(53)51-38-58-52(37-57(51)61)48-22-10-12-24-54(48)62(58)43-31-27-39(28-32-43)40-29-33-44(34-30-40)64-56-26-14-8-20-46(56)50-36-35-49-45-19-7-13-25-55(45)63(59(49)60(50)64)42-17-5-2-6-18-42/h1-7,9-12,14-19,21-24,26-31,33-38,43H,8,13,20,25,32H2. The van der Waals surface area contributed by atoms with E-state index in [-0.39, 0.29) is 6.04 Å². The summed E-state index contributed by atoms with van der Waals surface area (Å²) in [5.74, 6) is 0. The molecule has 4 heterocycles. The number of nitrogens with zero attached hydrogens (tertiary/aromatic N) is 4. The van der Waals surface area contributed by atoms with E-state index in [9.17, 15) is 0 Å². The summed E-state index contributed by atoms with van der Waals surface area (Å²) in [6.07, 6.45) is 21.8. The summed E-state index contributed by atoms with van der Waals surface area (Å²) in [5.41, 5.74) is 19.3. The monoisotopic (exact) mass is 820 g/mol. The number of para-hydroxylation sites is 4. The van der Waals surface area contributed by atoms with Crippen molar-refractivity contribution >= 4 is 83.1 Å². The number of allylic oxidation sites excluding steroid dienone is 6. The van der Waals surface area contributed by atoms with Gasteiger partial charge in [-0.15, -0.1) is 0 Å². The lowest BCUT2D eigenvalue weighted by Crippen LogP contribution is -2.08. The Hall–Kier alpha value is -7.82. The first-order valence-electron chi connectivity index (χ1n) is 22.9. The Labute approximate surface area is 371 Å². The zero-order valence-electron chi connectivity index (χ0n) is 35.5. The van der Waals surface area contributed by atoms with Crippen molar-refractivity contribution in [2.75, 3.05) is 0 Å². The molecule has 1 atom stereocenters. The van der Waals surface area contributed by atoms with Crippen LogP contribution in [0.3, 0.4) is 0 Å². The number of fused-ring (bicyclic) bond motifs is 13. The summed E-state index contributed by atoms with van der Waals surface area (Å²) < 4.78 is 10.1. The van der Waals surface area contributed by atoms with Gasteiger partial charge in [0.1, 0.15) is 0 Å². The van der Waals surface area contributed by atoms with Gasteiger partial charge in [-0.05, 0) is 116 Å². The number of hydrogen-bond acceptors (Lipinski definition) is 0. The lowest BCUT2D eigenvalue weighted by molar-refractivity contribution is 0.649. The van der Waals surface area contributed by atoms with E-state index < -0.39 is 0 Å². The molecule has 3 aliphatic carbocycles. The average Bonchev–Trinajstić information content (AvgIpc) is 4.09. The Bertz CT molecular complexity index is 3840. The van der Waals surface area contributed by atoms with Crippen LogP contribution in [0.1, 0.15) is 53.4 Å². The van der Waals surface area contributed by atoms with Gasteiger partial charge in [0.25, 0.3) is 0 Å². The fourth-order valence-electron chi connectivity index (χ4n) is 11.6. The van der Waals surface area contributed by atoms with Gasteiger partial charge >= 0.3 is 0 Å². The maximum atomic E-state index is 2.58. The minimum Gasteiger partial charge on any atom is -0.333 e. The van der Waals surface area contributed by atoms with E-state index in [1.807, 2.05) is 0 Å². The number of aromatic nitrogens is 4. The fourth-order valence-corrected chi connectivity index (χ4v) is 11.6. The third-order valence-corrected chi connectivity index (χ3v) is 14.4. The summed E-state index contributed by atoms with van der Waals surface area (Å²) in [5, 5.41) is 7.84. The molecule has 0 saturated carbocycles. The summed E-state index contributed by atoms with van der Waals surface area (Å²) in [4.78, 5) is 0. The maximum Gasteiger partial charge on any atom is 0.0786 e. The van der Waals surface area contributed by atoms with Crippen molar-refractivity contribution in [2.24, 2.45) is 0 Å². The van der Waals surface area contributed by atoms with Gasteiger partial charge in [-0.25, -0.2) is 0 Å². The van der Waals surface area contributed by atoms with Crippen LogP contribution in [0.5, 0.6) is 0 Å². The minimum absolute atomic E-state index is 0.193. The highest BCUT2D eigenvalue weighted by atomic mass is 15.1. The molecule has 11 aromatic rings. The number of benzene rings is 7. The molecule has 4 heteroatoms. The predicted octanol–water partition coefficient (Wildman–Crippen LogP) is 15.3. The van der Waals surface area contributed by atoms with Crippen LogP contribution in [0.25, 0.3) is 100 Å². The van der Waals surface area contributed by atoms with Crippen molar-refractivity contribution in [1.29, 1.82) is 0 Å². The molecular weight excluding hydrogens is 777 g/mol. The minimum atomic E-state index is 0.193. The summed E-state index contributed by atoms with van der Waals surface area (Å²) >= 11 is 0. The molecule has 0 fully saturated rings. The van der Waals surface area contributed by atoms with E-state index >= 15 is 0 Å². The molecule has 0 N–H and O–H groups in total. The normalized spacial score (nSPS) is 15.9. The third-order valence-electron chi connectivity index (χ3n) is 14.4. The van der Waals surface area contributed by atoms with Crippen LogP contribution >= 0.6 is 0 Å². The van der Waals surface area contributed by atoms with E-state index in [4.69, 9.17) is 0 Å². The molecule has 0 aliphatic heterocycles. The largest absolute Gasteiger partial charge is 0.333 e. The first-order chi connectivity index (χ1) is 31.8. The van der Waals surface area contributed by atoms with E-state index in [1.165, 1.54) is 116 Å². The fraction of sp³-hybridized carbons (Fsp3) is 0.100. The Morgan fingerprint density at radius 3 is 1.84 bits per heavy atom. The molecule has 1 unspecified atom stereocenters. The second-order valence-corrected chi connectivity index (χ2v) is 17.8. The van der Waals surface area contributed by atoms with Crippen LogP contribution in [0.15, 0.2) is 188 Å². The van der Waals surface area contributed by atoms with Crippen molar-refractivity contribution in [3.05, 3.63) is 216 Å². The van der Waals surface area contributed by atoms with Gasteiger partial charge < -0.3 is 18.3 Å². The Kier molecular flexibility index (Phi) is 7.73. The molecule has 4 aromatic heterocycles. The molecule has 0 saturated heterocycles. The van der Waals surface area contributed by atoms with E-state index in [1.54, 1.807) is 0 Å². The van der Waals surface area contributed by atoms with Gasteiger partial charge in [-0.1, -0.05) is 134 Å². The molecule has 0 radical (unpaired) electrons. The molecular formula is C60H44N4. The highest BCUT2D eigenvalue weighted by molar-refractivity contribution is 6.18. The van der Waals surface area contributed by atoms with Crippen LogP contribution in [-0.2, 0) is 12.8 Å². The number of hydrogen-bond donors (Lipinski definition) is 0. The Morgan fingerprint density at radius 1 is 0.438 bits per heavy atom. The molecule has 14 rings (SSSR count). The van der Waals surface area contributed by atoms with Crippen molar-refractivity contribution in [1.82, 2.24) is 18.3 Å².